The maximum atomic E-state index is 5.54. The van der Waals surface area contributed by atoms with E-state index in [0.717, 1.165) is 11.3 Å². The van der Waals surface area contributed by atoms with E-state index in [1.807, 2.05) is 5.38 Å². The van der Waals surface area contributed by atoms with Gasteiger partial charge in [0.15, 0.2) is 5.13 Å². The van der Waals surface area contributed by atoms with Crippen molar-refractivity contribution in [2.45, 2.75) is 0 Å². The Morgan fingerprint density at radius 2 is 2.38 bits per heavy atom. The summed E-state index contributed by atoms with van der Waals surface area (Å²) in [5.74, 6) is 0. The van der Waals surface area contributed by atoms with Crippen molar-refractivity contribution < 1.29 is 0 Å². The minimum Gasteiger partial charge on any atom is -0.375 e. The molecule has 0 fully saturated rings. The van der Waals surface area contributed by atoms with E-state index in [1.54, 1.807) is 12.2 Å². The van der Waals surface area contributed by atoms with Gasteiger partial charge in [-0.25, -0.2) is 4.98 Å². The fourth-order valence-electron chi connectivity index (χ4n) is 0.769. The minimum atomic E-state index is 0.529. The highest BCUT2D eigenvalue weighted by molar-refractivity contribution is 7.13. The fraction of sp³-hybridized carbons (Fsp3) is 0. The number of hydrogen-bond acceptors (Lipinski definition) is 3. The van der Waals surface area contributed by atoms with E-state index in [9.17, 15) is 0 Å². The Labute approximate surface area is 82.9 Å². The number of rotatable bonds is 3. The molecule has 0 aromatic carbocycles. The lowest BCUT2D eigenvalue weighted by Gasteiger charge is -1.95. The summed E-state index contributed by atoms with van der Waals surface area (Å²) >= 11 is 1.38. The summed E-state index contributed by atoms with van der Waals surface area (Å²) in [5, 5.41) is 2.37. The van der Waals surface area contributed by atoms with Crippen LogP contribution in [0, 0.1) is 0 Å². The molecule has 2 nitrogen and oxygen atoms in total. The Balaban J connectivity index is 2.86. The van der Waals surface area contributed by atoms with Crippen molar-refractivity contribution in [2.24, 2.45) is 0 Å². The summed E-state index contributed by atoms with van der Waals surface area (Å²) in [7, 11) is 5.54. The number of thiazole rings is 1. The molecule has 64 valence electrons. The van der Waals surface area contributed by atoms with Crippen molar-refractivity contribution in [3.05, 3.63) is 41.9 Å². The number of allylic oxidation sites excluding steroid dienone is 4. The van der Waals surface area contributed by atoms with Gasteiger partial charge in [0.25, 0.3) is 0 Å². The van der Waals surface area contributed by atoms with Gasteiger partial charge in [-0.15, -0.1) is 11.3 Å². The first kappa shape index (κ1) is 9.80. The van der Waals surface area contributed by atoms with Crippen LogP contribution in [0.5, 0.6) is 0 Å². The lowest BCUT2D eigenvalue weighted by atomic mass is 9.93. The lowest BCUT2D eigenvalue weighted by Crippen LogP contribution is -1.85. The Morgan fingerprint density at radius 1 is 1.69 bits per heavy atom. The van der Waals surface area contributed by atoms with Crippen LogP contribution in [0.3, 0.4) is 0 Å². The molecule has 2 radical (unpaired) electrons. The van der Waals surface area contributed by atoms with Crippen molar-refractivity contribution in [3.63, 3.8) is 0 Å². The van der Waals surface area contributed by atoms with E-state index in [2.05, 4.69) is 18.1 Å². The van der Waals surface area contributed by atoms with Gasteiger partial charge in [0, 0.05) is 5.38 Å². The second-order valence-electron chi connectivity index (χ2n) is 2.44. The maximum absolute atomic E-state index is 5.54. The van der Waals surface area contributed by atoms with Crippen LogP contribution in [-0.4, -0.2) is 12.8 Å². The molecule has 0 spiro atoms. The molecule has 13 heavy (non-hydrogen) atoms. The molecule has 4 heteroatoms. The van der Waals surface area contributed by atoms with E-state index >= 15 is 0 Å². The van der Waals surface area contributed by atoms with E-state index in [1.165, 1.54) is 11.3 Å². The number of nitrogens with zero attached hydrogens (tertiary/aromatic N) is 1. The molecule has 1 rings (SSSR count). The van der Waals surface area contributed by atoms with E-state index in [-0.39, 0.29) is 0 Å². The Morgan fingerprint density at radius 3 is 2.85 bits per heavy atom. The van der Waals surface area contributed by atoms with Gasteiger partial charge in [0.05, 0.1) is 5.69 Å². The third kappa shape index (κ3) is 2.59. The zero-order valence-corrected chi connectivity index (χ0v) is 7.97. The Hall–Kier alpha value is -1.29. The highest BCUT2D eigenvalue weighted by Gasteiger charge is 2.00. The smallest absolute Gasteiger partial charge is 0.180 e. The summed E-state index contributed by atoms with van der Waals surface area (Å²) in [5.41, 5.74) is 7.54. The molecule has 1 heterocycles. The SMILES string of the molecule is [B]/C(C=C)=C/C(=C)c1csc(N)n1. The standard InChI is InChI=1S/C9H9BN2S/c1-3-7(10)4-6(2)8-5-13-9(11)12-8/h3-5H,1-2H2,(H2,11,12)/b7-4+. The van der Waals surface area contributed by atoms with Gasteiger partial charge >= 0.3 is 0 Å². The summed E-state index contributed by atoms with van der Waals surface area (Å²) in [6, 6.07) is 0. The molecular formula is C9H9BN2S. The van der Waals surface area contributed by atoms with Crippen LogP contribution in [0.15, 0.2) is 36.2 Å². The monoisotopic (exact) mass is 188 g/mol. The molecule has 0 saturated heterocycles. The Bertz CT molecular complexity index is 365. The molecule has 0 atom stereocenters. The predicted octanol–water partition coefficient (Wildman–Crippen LogP) is 1.98. The van der Waals surface area contributed by atoms with Crippen LogP contribution in [0.4, 0.5) is 5.13 Å². The van der Waals surface area contributed by atoms with Crippen molar-refractivity contribution >= 4 is 29.9 Å². The average Bonchev–Trinajstić information content (AvgIpc) is 2.51. The van der Waals surface area contributed by atoms with Gasteiger partial charge in [0.1, 0.15) is 7.85 Å². The quantitative estimate of drug-likeness (QED) is 0.581. The zero-order valence-electron chi connectivity index (χ0n) is 7.16. The third-order valence-electron chi connectivity index (χ3n) is 1.43. The predicted molar refractivity (Wildman–Crippen MR) is 59.6 cm³/mol. The largest absolute Gasteiger partial charge is 0.375 e. The molecule has 0 aliphatic heterocycles. The van der Waals surface area contributed by atoms with Crippen LogP contribution in [0.25, 0.3) is 5.57 Å². The zero-order chi connectivity index (χ0) is 9.84. The van der Waals surface area contributed by atoms with Gasteiger partial charge < -0.3 is 5.73 Å². The van der Waals surface area contributed by atoms with Gasteiger partial charge in [-0.1, -0.05) is 30.8 Å². The van der Waals surface area contributed by atoms with E-state index in [4.69, 9.17) is 13.6 Å². The topological polar surface area (TPSA) is 38.9 Å². The van der Waals surface area contributed by atoms with Crippen molar-refractivity contribution in [3.8, 4) is 0 Å². The average molecular weight is 188 g/mol. The normalized spacial score (nSPS) is 11.2. The first-order valence-corrected chi connectivity index (χ1v) is 4.51. The van der Waals surface area contributed by atoms with Crippen molar-refractivity contribution in [2.75, 3.05) is 5.73 Å². The minimum absolute atomic E-state index is 0.529. The molecule has 0 saturated carbocycles. The van der Waals surface area contributed by atoms with Crippen LogP contribution in [0.2, 0.25) is 0 Å². The Kier molecular flexibility index (Phi) is 3.09. The molecule has 0 amide bonds. The third-order valence-corrected chi connectivity index (χ3v) is 2.10. The van der Waals surface area contributed by atoms with Crippen LogP contribution >= 0.6 is 11.3 Å². The first-order valence-electron chi connectivity index (χ1n) is 3.63. The molecule has 1 aromatic heterocycles. The highest BCUT2D eigenvalue weighted by Crippen LogP contribution is 2.19. The number of aromatic nitrogens is 1. The maximum Gasteiger partial charge on any atom is 0.180 e. The summed E-state index contributed by atoms with van der Waals surface area (Å²) in [6.45, 7) is 7.35. The van der Waals surface area contributed by atoms with Gasteiger partial charge in [-0.3, -0.25) is 0 Å². The van der Waals surface area contributed by atoms with Gasteiger partial charge in [-0.05, 0) is 5.57 Å². The molecule has 0 aliphatic carbocycles. The number of anilines is 1. The van der Waals surface area contributed by atoms with Crippen LogP contribution in [-0.2, 0) is 0 Å². The molecule has 0 bridgehead atoms. The fourth-order valence-corrected chi connectivity index (χ4v) is 1.36. The van der Waals surface area contributed by atoms with Crippen LogP contribution < -0.4 is 5.73 Å². The van der Waals surface area contributed by atoms with E-state index < -0.39 is 0 Å². The van der Waals surface area contributed by atoms with Gasteiger partial charge in [-0.2, -0.15) is 0 Å². The molecule has 2 N–H and O–H groups in total. The molecule has 0 unspecified atom stereocenters. The van der Waals surface area contributed by atoms with Gasteiger partial charge in [0.2, 0.25) is 0 Å². The number of nitrogen functional groups attached to an aromatic ring is 1. The summed E-state index contributed by atoms with van der Waals surface area (Å²) < 4.78 is 0. The van der Waals surface area contributed by atoms with Crippen molar-refractivity contribution in [1.82, 2.24) is 4.98 Å². The molecular weight excluding hydrogens is 179 g/mol. The summed E-state index contributed by atoms with van der Waals surface area (Å²) in [6.07, 6.45) is 3.27. The lowest BCUT2D eigenvalue weighted by molar-refractivity contribution is 1.37. The number of hydrogen-bond donors (Lipinski definition) is 1. The summed E-state index contributed by atoms with van der Waals surface area (Å²) in [4.78, 5) is 4.06. The molecule has 0 aliphatic rings. The number of nitrogens with two attached hydrogens (primary N) is 1. The van der Waals surface area contributed by atoms with Crippen LogP contribution in [0.1, 0.15) is 5.69 Å². The first-order chi connectivity index (χ1) is 6.13. The highest BCUT2D eigenvalue weighted by atomic mass is 32.1. The van der Waals surface area contributed by atoms with Crippen molar-refractivity contribution in [1.29, 1.82) is 0 Å². The molecule has 1 aromatic rings. The van der Waals surface area contributed by atoms with E-state index in [0.29, 0.717) is 10.6 Å². The second-order valence-corrected chi connectivity index (χ2v) is 3.33. The second kappa shape index (κ2) is 4.09.